The maximum Gasteiger partial charge on any atom is 0.340 e. The standard InChI is InChI=1S/C19H22N2O5/c1-5-25-19(24)16-11(3)17(21-12(16)4)14(22)9-26-15-8-10(2)6-7-13(15)18(20)23/h6-8,21H,5,9H2,1-4H3,(H2,20,23). The van der Waals surface area contributed by atoms with Crippen LogP contribution in [0, 0.1) is 20.8 Å². The van der Waals surface area contributed by atoms with E-state index in [1.807, 2.05) is 6.92 Å². The molecule has 0 spiro atoms. The number of carbonyl (C=O) groups excluding carboxylic acids is 3. The summed E-state index contributed by atoms with van der Waals surface area (Å²) in [6, 6.07) is 4.93. The lowest BCUT2D eigenvalue weighted by molar-refractivity contribution is 0.0524. The van der Waals surface area contributed by atoms with Crippen LogP contribution >= 0.6 is 0 Å². The van der Waals surface area contributed by atoms with Crippen LogP contribution in [0.25, 0.3) is 0 Å². The van der Waals surface area contributed by atoms with Gasteiger partial charge in [-0.15, -0.1) is 0 Å². The third kappa shape index (κ3) is 3.93. The Kier molecular flexibility index (Phi) is 5.82. The first-order chi connectivity index (χ1) is 12.3. The van der Waals surface area contributed by atoms with Gasteiger partial charge in [-0.1, -0.05) is 6.07 Å². The highest BCUT2D eigenvalue weighted by molar-refractivity contribution is 6.02. The summed E-state index contributed by atoms with van der Waals surface area (Å²) in [6.45, 7) is 6.87. The number of aryl methyl sites for hydroxylation is 2. The highest BCUT2D eigenvalue weighted by Gasteiger charge is 2.23. The van der Waals surface area contributed by atoms with Gasteiger partial charge in [0, 0.05) is 5.69 Å². The fraction of sp³-hybridized carbons (Fsp3) is 0.316. The number of hydrogen-bond donors (Lipinski definition) is 2. The van der Waals surface area contributed by atoms with Crippen LogP contribution in [0.1, 0.15) is 54.9 Å². The molecule has 1 aromatic heterocycles. The molecule has 0 aliphatic carbocycles. The Bertz CT molecular complexity index is 867. The Labute approximate surface area is 151 Å². The van der Waals surface area contributed by atoms with Gasteiger partial charge in [0.25, 0.3) is 5.91 Å². The second-order valence-electron chi connectivity index (χ2n) is 5.92. The molecule has 7 nitrogen and oxygen atoms in total. The fourth-order valence-electron chi connectivity index (χ4n) is 2.71. The number of ketones is 1. The van der Waals surface area contributed by atoms with Crippen LogP contribution in [0.15, 0.2) is 18.2 Å². The van der Waals surface area contributed by atoms with Crippen molar-refractivity contribution in [3.05, 3.63) is 51.8 Å². The van der Waals surface area contributed by atoms with Crippen molar-refractivity contribution in [3.8, 4) is 5.75 Å². The smallest absolute Gasteiger partial charge is 0.340 e. The first kappa shape index (κ1) is 19.2. The number of aromatic nitrogens is 1. The summed E-state index contributed by atoms with van der Waals surface area (Å²) >= 11 is 0. The van der Waals surface area contributed by atoms with Crippen molar-refractivity contribution in [3.63, 3.8) is 0 Å². The lowest BCUT2D eigenvalue weighted by Gasteiger charge is -2.10. The molecule has 138 valence electrons. The molecule has 0 saturated carbocycles. The van der Waals surface area contributed by atoms with Gasteiger partial charge in [0.2, 0.25) is 5.78 Å². The molecule has 0 unspecified atom stereocenters. The fourth-order valence-corrected chi connectivity index (χ4v) is 2.71. The molecular weight excluding hydrogens is 336 g/mol. The van der Waals surface area contributed by atoms with E-state index in [2.05, 4.69) is 4.98 Å². The van der Waals surface area contributed by atoms with Crippen LogP contribution in [-0.2, 0) is 4.74 Å². The second kappa shape index (κ2) is 7.86. The molecule has 2 aromatic rings. The molecule has 0 atom stereocenters. The number of hydrogen-bond acceptors (Lipinski definition) is 5. The van der Waals surface area contributed by atoms with Crippen molar-refractivity contribution in [2.24, 2.45) is 5.73 Å². The normalized spacial score (nSPS) is 10.5. The zero-order chi connectivity index (χ0) is 19.4. The molecule has 0 aliphatic rings. The minimum atomic E-state index is -0.635. The topological polar surface area (TPSA) is 111 Å². The van der Waals surface area contributed by atoms with Crippen LogP contribution < -0.4 is 10.5 Å². The van der Waals surface area contributed by atoms with E-state index in [9.17, 15) is 14.4 Å². The Balaban J connectivity index is 2.22. The number of H-pyrrole nitrogens is 1. The summed E-state index contributed by atoms with van der Waals surface area (Å²) < 4.78 is 10.5. The summed E-state index contributed by atoms with van der Waals surface area (Å²) in [4.78, 5) is 39.0. The predicted octanol–water partition coefficient (Wildman–Crippen LogP) is 2.48. The Hall–Kier alpha value is -3.09. The van der Waals surface area contributed by atoms with Gasteiger partial charge in [0.15, 0.2) is 6.61 Å². The molecule has 26 heavy (non-hydrogen) atoms. The van der Waals surface area contributed by atoms with E-state index in [0.717, 1.165) is 5.56 Å². The number of Topliss-reactive ketones (excluding diaryl/α,β-unsaturated/α-hetero) is 1. The van der Waals surface area contributed by atoms with E-state index in [-0.39, 0.29) is 36.0 Å². The van der Waals surface area contributed by atoms with Crippen LogP contribution in [0.5, 0.6) is 5.75 Å². The summed E-state index contributed by atoms with van der Waals surface area (Å²) in [5.74, 6) is -1.21. The van der Waals surface area contributed by atoms with Crippen molar-refractivity contribution in [2.45, 2.75) is 27.7 Å². The summed E-state index contributed by atoms with van der Waals surface area (Å²) in [6.07, 6.45) is 0. The van der Waals surface area contributed by atoms with E-state index in [1.54, 1.807) is 39.0 Å². The highest BCUT2D eigenvalue weighted by atomic mass is 16.5. The van der Waals surface area contributed by atoms with Gasteiger partial charge in [0.05, 0.1) is 23.4 Å². The molecule has 3 N–H and O–H groups in total. The number of rotatable bonds is 7. The molecule has 0 radical (unpaired) electrons. The summed E-state index contributed by atoms with van der Waals surface area (Å²) in [7, 11) is 0. The number of esters is 1. The summed E-state index contributed by atoms with van der Waals surface area (Å²) in [5, 5.41) is 0. The number of ether oxygens (including phenoxy) is 2. The first-order valence-electron chi connectivity index (χ1n) is 8.19. The molecule has 0 bridgehead atoms. The van der Waals surface area contributed by atoms with Gasteiger partial charge >= 0.3 is 5.97 Å². The second-order valence-corrected chi connectivity index (χ2v) is 5.92. The quantitative estimate of drug-likeness (QED) is 0.583. The number of nitrogens with one attached hydrogen (secondary N) is 1. The zero-order valence-corrected chi connectivity index (χ0v) is 15.3. The molecule has 7 heteroatoms. The van der Waals surface area contributed by atoms with Gasteiger partial charge in [0.1, 0.15) is 5.75 Å². The molecular formula is C19H22N2O5. The van der Waals surface area contributed by atoms with Crippen molar-refractivity contribution in [1.82, 2.24) is 4.98 Å². The molecule has 1 amide bonds. The average molecular weight is 358 g/mol. The van der Waals surface area contributed by atoms with E-state index in [4.69, 9.17) is 15.2 Å². The highest BCUT2D eigenvalue weighted by Crippen LogP contribution is 2.22. The van der Waals surface area contributed by atoms with Crippen molar-refractivity contribution < 1.29 is 23.9 Å². The minimum Gasteiger partial charge on any atom is -0.485 e. The average Bonchev–Trinajstić information content (AvgIpc) is 2.87. The Morgan fingerprint density at radius 1 is 1.15 bits per heavy atom. The third-order valence-electron chi connectivity index (χ3n) is 3.96. The largest absolute Gasteiger partial charge is 0.485 e. The van der Waals surface area contributed by atoms with E-state index < -0.39 is 11.9 Å². The van der Waals surface area contributed by atoms with E-state index in [0.29, 0.717) is 16.8 Å². The first-order valence-corrected chi connectivity index (χ1v) is 8.19. The minimum absolute atomic E-state index is 0.204. The molecule has 1 aromatic carbocycles. The van der Waals surface area contributed by atoms with Gasteiger partial charge in [-0.25, -0.2) is 4.79 Å². The molecule has 0 fully saturated rings. The van der Waals surface area contributed by atoms with Gasteiger partial charge in [-0.3, -0.25) is 9.59 Å². The number of amides is 1. The van der Waals surface area contributed by atoms with E-state index >= 15 is 0 Å². The van der Waals surface area contributed by atoms with Gasteiger partial charge in [-0.05, 0) is 51.0 Å². The van der Waals surface area contributed by atoms with Gasteiger partial charge in [-0.2, -0.15) is 0 Å². The van der Waals surface area contributed by atoms with Crippen LogP contribution in [-0.4, -0.2) is 35.9 Å². The lowest BCUT2D eigenvalue weighted by atomic mass is 10.1. The number of benzene rings is 1. The predicted molar refractivity (Wildman–Crippen MR) is 95.7 cm³/mol. The molecule has 0 aliphatic heterocycles. The van der Waals surface area contributed by atoms with Crippen LogP contribution in [0.2, 0.25) is 0 Å². The number of primary amides is 1. The van der Waals surface area contributed by atoms with Crippen LogP contribution in [0.4, 0.5) is 0 Å². The SMILES string of the molecule is CCOC(=O)c1c(C)[nH]c(C(=O)COc2cc(C)ccc2C(N)=O)c1C. The van der Waals surface area contributed by atoms with Crippen molar-refractivity contribution >= 4 is 17.7 Å². The number of carbonyl (C=O) groups is 3. The van der Waals surface area contributed by atoms with Gasteiger partial charge < -0.3 is 20.2 Å². The number of nitrogens with two attached hydrogens (primary N) is 1. The lowest BCUT2D eigenvalue weighted by Crippen LogP contribution is -2.17. The third-order valence-corrected chi connectivity index (χ3v) is 3.96. The maximum absolute atomic E-state index is 12.5. The number of aromatic amines is 1. The van der Waals surface area contributed by atoms with Crippen molar-refractivity contribution in [1.29, 1.82) is 0 Å². The summed E-state index contributed by atoms with van der Waals surface area (Å²) in [5.41, 5.74) is 8.09. The molecule has 2 rings (SSSR count). The van der Waals surface area contributed by atoms with E-state index in [1.165, 1.54) is 0 Å². The maximum atomic E-state index is 12.5. The Morgan fingerprint density at radius 2 is 1.85 bits per heavy atom. The Morgan fingerprint density at radius 3 is 2.46 bits per heavy atom. The molecule has 1 heterocycles. The zero-order valence-electron chi connectivity index (χ0n) is 15.3. The van der Waals surface area contributed by atoms with Crippen molar-refractivity contribution in [2.75, 3.05) is 13.2 Å². The van der Waals surface area contributed by atoms with Crippen LogP contribution in [0.3, 0.4) is 0 Å². The molecule has 0 saturated heterocycles. The monoisotopic (exact) mass is 358 g/mol.